The van der Waals surface area contributed by atoms with Crippen molar-refractivity contribution in [3.8, 4) is 33.8 Å². The number of rotatable bonds is 7. The van der Waals surface area contributed by atoms with E-state index in [9.17, 15) is 0 Å². The van der Waals surface area contributed by atoms with E-state index in [-0.39, 0.29) is 0 Å². The monoisotopic (exact) mass is 603 g/mol. The van der Waals surface area contributed by atoms with Gasteiger partial charge in [0.05, 0.1) is 38.0 Å². The number of aromatic amines is 1. The Labute approximate surface area is 239 Å². The summed E-state index contributed by atoms with van der Waals surface area (Å²) >= 11 is -1.77. The molecule has 5 aromatic rings. The Morgan fingerprint density at radius 1 is 0.816 bits per heavy atom. The first kappa shape index (κ1) is 28.1. The van der Waals surface area contributed by atoms with Crippen LogP contribution in [0.5, 0.6) is 11.5 Å². The van der Waals surface area contributed by atoms with Gasteiger partial charge in [-0.05, 0) is 23.3 Å². The zero-order valence-corrected chi connectivity index (χ0v) is 24.4. The second-order valence-electron chi connectivity index (χ2n) is 8.08. The second kappa shape index (κ2) is 13.7. The minimum absolute atomic E-state index is 0.474. The molecule has 0 aliphatic carbocycles. The Morgan fingerprint density at radius 3 is 2.03 bits per heavy atom. The molecular weight excluding hydrogens is 580 g/mol. The molecule has 1 N–H and O–H groups in total. The van der Waals surface area contributed by atoms with Gasteiger partial charge < -0.3 is 14.5 Å². The fraction of sp³-hybridized carbons (Fsp3) is 0.103. The summed E-state index contributed by atoms with van der Waals surface area (Å²) in [5.41, 5.74) is 7.37. The normalized spacial score (nSPS) is 11.0. The average Bonchev–Trinajstić information content (AvgIpc) is 3.37. The van der Waals surface area contributed by atoms with Crippen molar-refractivity contribution in [2.45, 2.75) is 6.54 Å². The molecule has 5 rings (SSSR count). The van der Waals surface area contributed by atoms with E-state index in [0.717, 1.165) is 50.3 Å². The molecule has 0 bridgehead atoms. The molecule has 0 saturated carbocycles. The van der Waals surface area contributed by atoms with Crippen LogP contribution in [0.3, 0.4) is 0 Å². The van der Waals surface area contributed by atoms with Crippen LogP contribution < -0.4 is 9.47 Å². The van der Waals surface area contributed by atoms with Crippen LogP contribution in [0.2, 0.25) is 0 Å². The minimum atomic E-state index is -1.77. The number of hydrogen-bond acceptors (Lipinski definition) is 4. The van der Waals surface area contributed by atoms with Gasteiger partial charge in [0.2, 0.25) is 0 Å². The first-order valence-electron chi connectivity index (χ1n) is 11.6. The fourth-order valence-electron chi connectivity index (χ4n) is 4.09. The van der Waals surface area contributed by atoms with E-state index < -0.39 is 12.3 Å². The number of fused-ring (bicyclic) bond motifs is 1. The Bertz CT molecular complexity index is 1430. The number of nitrogens with one attached hydrogen (secondary N) is 1. The Hall–Kier alpha value is -2.93. The Morgan fingerprint density at radius 2 is 1.42 bits per heavy atom. The summed E-state index contributed by atoms with van der Waals surface area (Å²) < 4.78 is 10.8. The summed E-state index contributed by atoms with van der Waals surface area (Å²) in [5.74, 6) is 2.21. The fourth-order valence-corrected chi connectivity index (χ4v) is 4.09. The maximum absolute atomic E-state index is 5.49. The van der Waals surface area contributed by atoms with Gasteiger partial charge in [-0.2, -0.15) is 0 Å². The van der Waals surface area contributed by atoms with Gasteiger partial charge in [-0.25, -0.2) is 4.98 Å². The van der Waals surface area contributed by atoms with E-state index in [1.54, 1.807) is 20.4 Å². The number of imidazole rings is 1. The number of halogens is 3. The van der Waals surface area contributed by atoms with Crippen molar-refractivity contribution in [2.24, 2.45) is 4.99 Å². The van der Waals surface area contributed by atoms with Gasteiger partial charge in [0.15, 0.2) is 0 Å². The first-order chi connectivity index (χ1) is 18.5. The molecule has 38 heavy (non-hydrogen) atoms. The van der Waals surface area contributed by atoms with Crippen LogP contribution in [0.25, 0.3) is 33.3 Å². The molecule has 1 heterocycles. The van der Waals surface area contributed by atoms with Crippen molar-refractivity contribution in [3.63, 3.8) is 0 Å². The molecule has 0 saturated heterocycles. The first-order valence-corrected chi connectivity index (χ1v) is 17.4. The van der Waals surface area contributed by atoms with Crippen LogP contribution >= 0.6 is 29.5 Å². The molecule has 0 amide bonds. The van der Waals surface area contributed by atoms with Crippen molar-refractivity contribution in [1.29, 1.82) is 0 Å². The summed E-state index contributed by atoms with van der Waals surface area (Å²) in [6, 6.07) is 30.7. The van der Waals surface area contributed by atoms with Gasteiger partial charge in [-0.1, -0.05) is 72.8 Å². The van der Waals surface area contributed by atoms with Gasteiger partial charge in [0.1, 0.15) is 17.3 Å². The number of benzene rings is 4. The molecule has 0 aliphatic heterocycles. The molecule has 9 heteroatoms. The van der Waals surface area contributed by atoms with Crippen molar-refractivity contribution < 1.29 is 21.8 Å². The predicted octanol–water partition coefficient (Wildman–Crippen LogP) is 8.60. The number of nitrogens with zero attached hydrogens (tertiary/aromatic N) is 2. The topological polar surface area (TPSA) is 59.5 Å². The molecule has 0 atom stereocenters. The van der Waals surface area contributed by atoms with Crippen LogP contribution in [-0.4, -0.2) is 30.4 Å². The number of H-pyrrole nitrogens is 1. The third kappa shape index (κ3) is 7.13. The molecule has 0 spiro atoms. The number of ether oxygens (including phenoxy) is 2. The molecular formula is C29H25Cl3N3O2V. The third-order valence-corrected chi connectivity index (χ3v) is 5.80. The molecule has 0 aliphatic rings. The van der Waals surface area contributed by atoms with Crippen molar-refractivity contribution >= 4 is 46.8 Å². The van der Waals surface area contributed by atoms with E-state index in [1.807, 2.05) is 54.6 Å². The van der Waals surface area contributed by atoms with Gasteiger partial charge in [0.25, 0.3) is 0 Å². The van der Waals surface area contributed by atoms with Crippen LogP contribution in [0, 0.1) is 0 Å². The molecule has 194 valence electrons. The number of hydrogen-bond donors (Lipinski definition) is 1. The third-order valence-electron chi connectivity index (χ3n) is 5.80. The van der Waals surface area contributed by atoms with E-state index in [4.69, 9.17) is 44.0 Å². The van der Waals surface area contributed by atoms with Gasteiger partial charge in [0, 0.05) is 22.8 Å². The molecule has 1 aromatic heterocycles. The number of aromatic nitrogens is 2. The Kier molecular flexibility index (Phi) is 10.2. The summed E-state index contributed by atoms with van der Waals surface area (Å²) in [6.45, 7) is 0.474. The molecule has 0 radical (unpaired) electrons. The SMILES string of the molecule is COc1ccc(CN=Cc2nc3c(-c4ccccc4)ccc(-c4ccccc4)c3[nH]2)c(OC)c1.[Cl][V]([Cl])[Cl]. The van der Waals surface area contributed by atoms with E-state index in [2.05, 4.69) is 46.4 Å². The van der Waals surface area contributed by atoms with Crippen molar-refractivity contribution in [2.75, 3.05) is 14.2 Å². The van der Waals surface area contributed by atoms with Crippen LogP contribution in [-0.2, 0) is 18.8 Å². The summed E-state index contributed by atoms with van der Waals surface area (Å²) in [5, 5.41) is 0. The summed E-state index contributed by atoms with van der Waals surface area (Å²) in [6.07, 6.45) is 1.78. The summed E-state index contributed by atoms with van der Waals surface area (Å²) in [4.78, 5) is 13.1. The zero-order chi connectivity index (χ0) is 26.9. The summed E-state index contributed by atoms with van der Waals surface area (Å²) in [7, 11) is 18.1. The standard InChI is InChI=1S/C29H25N3O2.3ClH.V/c1-33-23-14-13-22(26(17-23)34-2)18-30-19-27-31-28-24(20-9-5-3-6-10-20)15-16-25(29(28)32-27)21-11-7-4-8-12-21;;;;/h3-17,19H,18H2,1-2H3,(H,31,32);3*1H;/q;;;;+3/p-3. The van der Waals surface area contributed by atoms with E-state index in [1.165, 1.54) is 0 Å². The van der Waals surface area contributed by atoms with Crippen LogP contribution in [0.1, 0.15) is 11.4 Å². The molecule has 4 aromatic carbocycles. The van der Waals surface area contributed by atoms with Crippen LogP contribution in [0.4, 0.5) is 0 Å². The van der Waals surface area contributed by atoms with E-state index in [0.29, 0.717) is 12.4 Å². The van der Waals surface area contributed by atoms with Crippen molar-refractivity contribution in [3.05, 3.63) is 102 Å². The predicted molar refractivity (Wildman–Crippen MR) is 155 cm³/mol. The van der Waals surface area contributed by atoms with E-state index >= 15 is 0 Å². The number of aliphatic imine (C=N–C) groups is 1. The van der Waals surface area contributed by atoms with Gasteiger partial charge >= 0.3 is 41.8 Å². The van der Waals surface area contributed by atoms with Crippen LogP contribution in [0.15, 0.2) is 96.0 Å². The Balaban J connectivity index is 0.000000786. The number of methoxy groups -OCH3 is 2. The van der Waals surface area contributed by atoms with Gasteiger partial charge in [-0.15, -0.1) is 0 Å². The molecule has 0 fully saturated rings. The molecule has 5 nitrogen and oxygen atoms in total. The quantitative estimate of drug-likeness (QED) is 0.189. The zero-order valence-electron chi connectivity index (χ0n) is 20.7. The average molecular weight is 605 g/mol. The maximum atomic E-state index is 5.49. The molecule has 0 unspecified atom stereocenters. The second-order valence-corrected chi connectivity index (χ2v) is 15.0. The van der Waals surface area contributed by atoms with Crippen molar-refractivity contribution in [1.82, 2.24) is 9.97 Å². The van der Waals surface area contributed by atoms with Gasteiger partial charge in [-0.3, -0.25) is 4.99 Å².